The lowest BCUT2D eigenvalue weighted by Crippen LogP contribution is -2.48. The molecule has 2 aliphatic carbocycles. The summed E-state index contributed by atoms with van der Waals surface area (Å²) in [6, 6.07) is 4.32. The number of nitrogens with zero attached hydrogens (tertiary/aromatic N) is 1. The average Bonchev–Trinajstić information content (AvgIpc) is 2.81. The van der Waals surface area contributed by atoms with Crippen LogP contribution in [0.2, 0.25) is 0 Å². The van der Waals surface area contributed by atoms with Crippen LogP contribution in [0.3, 0.4) is 0 Å². The van der Waals surface area contributed by atoms with Gasteiger partial charge in [-0.15, -0.1) is 5.73 Å². The molecule has 3 aliphatic rings. The molecule has 1 heterocycles. The second kappa shape index (κ2) is 10.7. The molecular formula is C28H35FN2O3. The van der Waals surface area contributed by atoms with E-state index in [2.05, 4.69) is 11.0 Å². The number of hydrogen-bond donors (Lipinski definition) is 1. The monoisotopic (exact) mass is 466 g/mol. The highest BCUT2D eigenvalue weighted by Crippen LogP contribution is 2.32. The number of nitrogens with one attached hydrogen (secondary N) is 1. The molecule has 2 fully saturated rings. The van der Waals surface area contributed by atoms with E-state index >= 15 is 4.39 Å². The van der Waals surface area contributed by atoms with E-state index in [1.807, 2.05) is 19.9 Å². The van der Waals surface area contributed by atoms with E-state index in [0.717, 1.165) is 44.9 Å². The first-order valence-corrected chi connectivity index (χ1v) is 12.7. The molecule has 4 rings (SSSR count). The Kier molecular flexibility index (Phi) is 7.67. The molecule has 1 saturated heterocycles. The summed E-state index contributed by atoms with van der Waals surface area (Å²) in [6.07, 6.45) is 9.09. The molecule has 0 aromatic heterocycles. The summed E-state index contributed by atoms with van der Waals surface area (Å²) in [4.78, 5) is 40.5. The summed E-state index contributed by atoms with van der Waals surface area (Å²) in [6.45, 7) is 4.78. The maximum Gasteiger partial charge on any atom is 0.257 e. The fraction of sp³-hybridized carbons (Fsp3) is 0.571. The van der Waals surface area contributed by atoms with E-state index < -0.39 is 17.8 Å². The van der Waals surface area contributed by atoms with Crippen molar-refractivity contribution in [3.63, 3.8) is 0 Å². The molecule has 1 aliphatic heterocycles. The minimum Gasteiger partial charge on any atom is -0.342 e. The van der Waals surface area contributed by atoms with Crippen LogP contribution in [-0.2, 0) is 9.59 Å². The minimum atomic E-state index is -0.581. The van der Waals surface area contributed by atoms with Gasteiger partial charge in [-0.25, -0.2) is 4.39 Å². The Bertz CT molecular complexity index is 1020. The lowest BCUT2D eigenvalue weighted by atomic mass is 9.80. The number of likely N-dealkylation sites (tertiary alicyclic amines) is 1. The molecule has 34 heavy (non-hydrogen) atoms. The maximum absolute atomic E-state index is 15.7. The molecule has 0 spiro atoms. The van der Waals surface area contributed by atoms with Gasteiger partial charge in [0.1, 0.15) is 5.82 Å². The van der Waals surface area contributed by atoms with Gasteiger partial charge in [0.05, 0.1) is 17.2 Å². The van der Waals surface area contributed by atoms with Gasteiger partial charge in [-0.2, -0.15) is 0 Å². The van der Waals surface area contributed by atoms with Gasteiger partial charge < -0.3 is 10.2 Å². The molecule has 0 bridgehead atoms. The Morgan fingerprint density at radius 1 is 1.09 bits per heavy atom. The molecule has 6 heteroatoms. The predicted molar refractivity (Wildman–Crippen MR) is 129 cm³/mol. The fourth-order valence-electron chi connectivity index (χ4n) is 5.47. The number of Topliss-reactive ketones (excluding diaryl/α,β-unsaturated/α-hetero) is 1. The third-order valence-corrected chi connectivity index (χ3v) is 7.55. The molecule has 2 atom stereocenters. The number of halogens is 1. The van der Waals surface area contributed by atoms with Crippen molar-refractivity contribution in [2.45, 2.75) is 77.2 Å². The van der Waals surface area contributed by atoms with Gasteiger partial charge in [0.2, 0.25) is 0 Å². The number of benzene rings is 1. The standard InChI is InChI=1S/C28H35FN2O3/c1-18(2)26(32)25(19-9-4-3-5-10-19)30-27(33)23-15-7-14-22(24(23)29)21-13-8-16-31(17-21)28(34)20-11-6-12-20/h6-7,14-15,18-19,21,25H,3-5,8-11,13,16-17H2,1-2H3,(H,30,33)/t21-,25-/m1/s1. The van der Waals surface area contributed by atoms with Crippen molar-refractivity contribution >= 4 is 17.6 Å². The second-order valence-electron chi connectivity index (χ2n) is 10.2. The summed E-state index contributed by atoms with van der Waals surface area (Å²) in [7, 11) is 0. The third kappa shape index (κ3) is 5.17. The lowest BCUT2D eigenvalue weighted by Gasteiger charge is -2.34. The Balaban J connectivity index is 1.52. The highest BCUT2D eigenvalue weighted by Gasteiger charge is 2.34. The van der Waals surface area contributed by atoms with E-state index in [0.29, 0.717) is 30.6 Å². The van der Waals surface area contributed by atoms with Crippen molar-refractivity contribution in [2.24, 2.45) is 11.8 Å². The van der Waals surface area contributed by atoms with E-state index in [4.69, 9.17) is 0 Å². The summed E-state index contributed by atoms with van der Waals surface area (Å²) < 4.78 is 15.7. The first kappa shape index (κ1) is 24.4. The van der Waals surface area contributed by atoms with Crippen molar-refractivity contribution < 1.29 is 18.8 Å². The molecule has 182 valence electrons. The number of amides is 2. The van der Waals surface area contributed by atoms with Crippen LogP contribution < -0.4 is 5.32 Å². The normalized spacial score (nSPS) is 21.6. The third-order valence-electron chi connectivity index (χ3n) is 7.55. The average molecular weight is 467 g/mol. The lowest BCUT2D eigenvalue weighted by molar-refractivity contribution is -0.128. The zero-order chi connectivity index (χ0) is 24.2. The molecule has 1 aromatic rings. The minimum absolute atomic E-state index is 0.0117. The van der Waals surface area contributed by atoms with Crippen LogP contribution in [0.5, 0.6) is 0 Å². The van der Waals surface area contributed by atoms with Crippen molar-refractivity contribution in [3.8, 4) is 0 Å². The van der Waals surface area contributed by atoms with Gasteiger partial charge in [0.25, 0.3) is 11.8 Å². The Morgan fingerprint density at radius 3 is 2.47 bits per heavy atom. The predicted octanol–water partition coefficient (Wildman–Crippen LogP) is 4.92. The number of ketones is 1. The Hall–Kier alpha value is -2.72. The number of carbonyl (C=O) groups is 3. The Labute approximate surface area is 201 Å². The molecule has 1 aromatic carbocycles. The quantitative estimate of drug-likeness (QED) is 0.580. The Morgan fingerprint density at radius 2 is 1.82 bits per heavy atom. The molecule has 1 saturated carbocycles. The molecular weight excluding hydrogens is 431 g/mol. The van der Waals surface area contributed by atoms with Crippen LogP contribution in [0.15, 0.2) is 35.6 Å². The van der Waals surface area contributed by atoms with Crippen molar-refractivity contribution in [1.29, 1.82) is 0 Å². The van der Waals surface area contributed by atoms with Gasteiger partial charge in [0, 0.05) is 31.3 Å². The van der Waals surface area contributed by atoms with Gasteiger partial charge in [-0.3, -0.25) is 14.4 Å². The zero-order valence-electron chi connectivity index (χ0n) is 20.2. The number of rotatable bonds is 7. The van der Waals surface area contributed by atoms with Crippen molar-refractivity contribution in [3.05, 3.63) is 52.5 Å². The van der Waals surface area contributed by atoms with E-state index in [1.54, 1.807) is 17.0 Å². The van der Waals surface area contributed by atoms with Crippen LogP contribution in [0.25, 0.3) is 0 Å². The summed E-state index contributed by atoms with van der Waals surface area (Å²) >= 11 is 0. The second-order valence-corrected chi connectivity index (χ2v) is 10.2. The van der Waals surface area contributed by atoms with Crippen molar-refractivity contribution in [1.82, 2.24) is 10.2 Å². The van der Waals surface area contributed by atoms with Crippen molar-refractivity contribution in [2.75, 3.05) is 13.1 Å². The summed E-state index contributed by atoms with van der Waals surface area (Å²) in [5.41, 5.74) is 4.06. The number of carbonyl (C=O) groups excluding carboxylic acids is 3. The van der Waals surface area contributed by atoms with Crippen LogP contribution in [0.1, 0.15) is 87.1 Å². The number of piperidine rings is 1. The van der Waals surface area contributed by atoms with Gasteiger partial charge in [0.15, 0.2) is 5.78 Å². The zero-order valence-corrected chi connectivity index (χ0v) is 20.2. The number of hydrogen-bond acceptors (Lipinski definition) is 3. The molecule has 0 radical (unpaired) electrons. The SMILES string of the molecule is CC(C)C(=O)[C@H](NC(=O)c1cccc([C@@H]2CCCN(C(=O)C3=C=CC3)C2)c1F)C1CCCCC1. The van der Waals surface area contributed by atoms with Crippen LogP contribution in [-0.4, -0.2) is 41.6 Å². The molecule has 5 nitrogen and oxygen atoms in total. The molecule has 2 amide bonds. The smallest absolute Gasteiger partial charge is 0.257 e. The molecule has 0 unspecified atom stereocenters. The van der Waals surface area contributed by atoms with Gasteiger partial charge in [-0.1, -0.05) is 45.2 Å². The first-order valence-electron chi connectivity index (χ1n) is 12.7. The van der Waals surface area contributed by atoms with E-state index in [-0.39, 0.29) is 35.0 Å². The molecule has 1 N–H and O–H groups in total. The fourth-order valence-corrected chi connectivity index (χ4v) is 5.47. The topological polar surface area (TPSA) is 66.5 Å². The highest BCUT2D eigenvalue weighted by atomic mass is 19.1. The maximum atomic E-state index is 15.7. The van der Waals surface area contributed by atoms with Crippen LogP contribution >= 0.6 is 0 Å². The van der Waals surface area contributed by atoms with Gasteiger partial charge >= 0.3 is 0 Å². The summed E-state index contributed by atoms with van der Waals surface area (Å²) in [5, 5.41) is 2.90. The van der Waals surface area contributed by atoms with Crippen LogP contribution in [0.4, 0.5) is 4.39 Å². The van der Waals surface area contributed by atoms with Crippen LogP contribution in [0, 0.1) is 17.7 Å². The van der Waals surface area contributed by atoms with Gasteiger partial charge in [-0.05, 0) is 49.3 Å². The largest absolute Gasteiger partial charge is 0.342 e. The van der Waals surface area contributed by atoms with E-state index in [9.17, 15) is 14.4 Å². The summed E-state index contributed by atoms with van der Waals surface area (Å²) in [5.74, 6) is -1.34. The highest BCUT2D eigenvalue weighted by molar-refractivity contribution is 5.99. The first-order chi connectivity index (χ1) is 16.4. The van der Waals surface area contributed by atoms with E-state index in [1.165, 1.54) is 6.07 Å².